The lowest BCUT2D eigenvalue weighted by molar-refractivity contribution is -0.121. The summed E-state index contributed by atoms with van der Waals surface area (Å²) >= 11 is 0. The fraction of sp³-hybridized carbons (Fsp3) is 0.714. The number of carbonyl (C=O) groups is 2. The zero-order valence-electron chi connectivity index (χ0n) is 5.89. The Labute approximate surface area is 55.3 Å². The van der Waals surface area contributed by atoms with Crippen molar-refractivity contribution >= 4 is 12.1 Å². The predicted octanol–water partition coefficient (Wildman–Crippen LogP) is 1.19. The molecule has 1 atom stereocenters. The first-order valence-corrected chi connectivity index (χ1v) is 3.15. The molecule has 0 saturated heterocycles. The number of ketones is 1. The van der Waals surface area contributed by atoms with Crippen molar-refractivity contribution in [1.29, 1.82) is 0 Å². The summed E-state index contributed by atoms with van der Waals surface area (Å²) in [6.07, 6.45) is 2.02. The maximum Gasteiger partial charge on any atom is 0.130 e. The summed E-state index contributed by atoms with van der Waals surface area (Å²) in [5.41, 5.74) is 0. The Kier molecular flexibility index (Phi) is 3.93. The van der Waals surface area contributed by atoms with Crippen molar-refractivity contribution in [3.05, 3.63) is 0 Å². The summed E-state index contributed by atoms with van der Waals surface area (Å²) in [7, 11) is 0. The third-order valence-corrected chi connectivity index (χ3v) is 1.27. The zero-order valence-corrected chi connectivity index (χ0v) is 5.89. The van der Waals surface area contributed by atoms with Crippen LogP contribution in [0.1, 0.15) is 26.7 Å². The minimum absolute atomic E-state index is 0.0532. The number of hydrogen-bond donors (Lipinski definition) is 0. The van der Waals surface area contributed by atoms with Crippen LogP contribution in [0.2, 0.25) is 0 Å². The van der Waals surface area contributed by atoms with E-state index in [2.05, 4.69) is 0 Å². The van der Waals surface area contributed by atoms with Gasteiger partial charge in [0.05, 0.1) is 0 Å². The van der Waals surface area contributed by atoms with E-state index in [0.29, 0.717) is 6.42 Å². The molecular weight excluding hydrogens is 116 g/mol. The highest BCUT2D eigenvalue weighted by Gasteiger charge is 2.05. The quantitative estimate of drug-likeness (QED) is 0.533. The van der Waals surface area contributed by atoms with Gasteiger partial charge in [-0.1, -0.05) is 6.92 Å². The summed E-state index contributed by atoms with van der Waals surface area (Å²) in [5, 5.41) is 0. The molecule has 0 bridgehead atoms. The first-order chi connectivity index (χ1) is 4.20. The Hall–Kier alpha value is -0.660. The van der Waals surface area contributed by atoms with Crippen molar-refractivity contribution < 1.29 is 9.59 Å². The van der Waals surface area contributed by atoms with E-state index in [4.69, 9.17) is 0 Å². The molecule has 2 nitrogen and oxygen atoms in total. The molecule has 0 radical (unpaired) electrons. The zero-order chi connectivity index (χ0) is 7.28. The van der Waals surface area contributed by atoms with E-state index in [9.17, 15) is 9.59 Å². The maximum absolute atomic E-state index is 10.4. The highest BCUT2D eigenvalue weighted by molar-refractivity contribution is 5.78. The molecule has 0 fully saturated rings. The molecule has 1 unspecified atom stereocenters. The van der Waals surface area contributed by atoms with Gasteiger partial charge in [-0.2, -0.15) is 0 Å². The van der Waals surface area contributed by atoms with Gasteiger partial charge in [-0.25, -0.2) is 0 Å². The Balaban J connectivity index is 3.55. The molecule has 0 amide bonds. The summed E-state index contributed by atoms with van der Waals surface area (Å²) in [6.45, 7) is 3.41. The SMILES string of the molecule is CCC(C=O)CC(C)=O. The molecule has 52 valence electrons. The molecule has 0 aliphatic carbocycles. The monoisotopic (exact) mass is 128 g/mol. The molecule has 0 heterocycles. The van der Waals surface area contributed by atoms with Gasteiger partial charge in [0.1, 0.15) is 12.1 Å². The highest BCUT2D eigenvalue weighted by Crippen LogP contribution is 2.03. The van der Waals surface area contributed by atoms with Crippen LogP contribution in [0.4, 0.5) is 0 Å². The fourth-order valence-electron chi connectivity index (χ4n) is 0.658. The second-order valence-corrected chi connectivity index (χ2v) is 2.21. The molecule has 0 N–H and O–H groups in total. The van der Waals surface area contributed by atoms with Crippen LogP contribution in [0, 0.1) is 5.92 Å². The molecule has 0 aliphatic rings. The number of Topliss-reactive ketones (excluding diaryl/α,β-unsaturated/α-hetero) is 1. The molecule has 0 aromatic rings. The number of hydrogen-bond acceptors (Lipinski definition) is 2. The van der Waals surface area contributed by atoms with Gasteiger partial charge in [0, 0.05) is 12.3 Å². The summed E-state index contributed by atoms with van der Waals surface area (Å²) in [6, 6.07) is 0. The van der Waals surface area contributed by atoms with Crippen molar-refractivity contribution in [3.8, 4) is 0 Å². The van der Waals surface area contributed by atoms with Crippen LogP contribution < -0.4 is 0 Å². The van der Waals surface area contributed by atoms with Gasteiger partial charge in [0.25, 0.3) is 0 Å². The fourth-order valence-corrected chi connectivity index (χ4v) is 0.658. The van der Waals surface area contributed by atoms with Gasteiger partial charge < -0.3 is 9.59 Å². The highest BCUT2D eigenvalue weighted by atomic mass is 16.1. The average molecular weight is 128 g/mol. The Morgan fingerprint density at radius 3 is 2.33 bits per heavy atom. The molecule has 9 heavy (non-hydrogen) atoms. The molecule has 0 aromatic carbocycles. The topological polar surface area (TPSA) is 34.1 Å². The molecule has 0 aromatic heterocycles. The second-order valence-electron chi connectivity index (χ2n) is 2.21. The lowest BCUT2D eigenvalue weighted by Gasteiger charge is -2.00. The lowest BCUT2D eigenvalue weighted by Crippen LogP contribution is -2.05. The van der Waals surface area contributed by atoms with Crippen molar-refractivity contribution in [2.24, 2.45) is 5.92 Å². The minimum Gasteiger partial charge on any atom is -0.303 e. The van der Waals surface area contributed by atoms with Crippen molar-refractivity contribution in [2.75, 3.05) is 0 Å². The van der Waals surface area contributed by atoms with E-state index in [-0.39, 0.29) is 11.7 Å². The van der Waals surface area contributed by atoms with Gasteiger partial charge >= 0.3 is 0 Å². The molecular formula is C7H12O2. The largest absolute Gasteiger partial charge is 0.303 e. The summed E-state index contributed by atoms with van der Waals surface area (Å²) < 4.78 is 0. The van der Waals surface area contributed by atoms with Crippen LogP contribution in [-0.2, 0) is 9.59 Å². The van der Waals surface area contributed by atoms with E-state index in [1.807, 2.05) is 6.92 Å². The van der Waals surface area contributed by atoms with Crippen molar-refractivity contribution in [2.45, 2.75) is 26.7 Å². The average Bonchev–Trinajstić information content (AvgIpc) is 1.82. The van der Waals surface area contributed by atoms with E-state index in [1.165, 1.54) is 6.92 Å². The summed E-state index contributed by atoms with van der Waals surface area (Å²) in [5.74, 6) is 0.0384. The lowest BCUT2D eigenvalue weighted by atomic mass is 10.0. The van der Waals surface area contributed by atoms with Gasteiger partial charge in [0.2, 0.25) is 0 Å². The molecule has 0 saturated carbocycles. The molecule has 2 heteroatoms. The second kappa shape index (κ2) is 4.24. The third-order valence-electron chi connectivity index (χ3n) is 1.27. The van der Waals surface area contributed by atoms with E-state index >= 15 is 0 Å². The van der Waals surface area contributed by atoms with Crippen LogP contribution in [0.3, 0.4) is 0 Å². The molecule has 0 spiro atoms. The number of carbonyl (C=O) groups excluding carboxylic acids is 2. The normalized spacial score (nSPS) is 12.7. The molecule has 0 aliphatic heterocycles. The van der Waals surface area contributed by atoms with Gasteiger partial charge in [-0.3, -0.25) is 0 Å². The predicted molar refractivity (Wildman–Crippen MR) is 35.1 cm³/mol. The van der Waals surface area contributed by atoms with Crippen LogP contribution in [-0.4, -0.2) is 12.1 Å². The van der Waals surface area contributed by atoms with Crippen LogP contribution >= 0.6 is 0 Å². The van der Waals surface area contributed by atoms with Crippen LogP contribution in [0.25, 0.3) is 0 Å². The molecule has 0 rings (SSSR count). The number of rotatable bonds is 4. The third kappa shape index (κ3) is 3.88. The standard InChI is InChI=1S/C7H12O2/c1-3-7(5-8)4-6(2)9/h5,7H,3-4H2,1-2H3. The van der Waals surface area contributed by atoms with Gasteiger partial charge in [-0.05, 0) is 13.3 Å². The van der Waals surface area contributed by atoms with Gasteiger partial charge in [0.15, 0.2) is 0 Å². The Morgan fingerprint density at radius 2 is 2.22 bits per heavy atom. The van der Waals surface area contributed by atoms with Gasteiger partial charge in [-0.15, -0.1) is 0 Å². The van der Waals surface area contributed by atoms with Crippen molar-refractivity contribution in [3.63, 3.8) is 0 Å². The number of aldehydes is 1. The van der Waals surface area contributed by atoms with E-state index < -0.39 is 0 Å². The minimum atomic E-state index is -0.0532. The van der Waals surface area contributed by atoms with Crippen LogP contribution in [0.5, 0.6) is 0 Å². The van der Waals surface area contributed by atoms with Crippen molar-refractivity contribution in [1.82, 2.24) is 0 Å². The van der Waals surface area contributed by atoms with E-state index in [1.54, 1.807) is 0 Å². The maximum atomic E-state index is 10.4. The van der Waals surface area contributed by atoms with Crippen LogP contribution in [0.15, 0.2) is 0 Å². The first-order valence-electron chi connectivity index (χ1n) is 3.15. The van der Waals surface area contributed by atoms with E-state index in [0.717, 1.165) is 12.7 Å². The summed E-state index contributed by atoms with van der Waals surface area (Å²) in [4.78, 5) is 20.5. The smallest absolute Gasteiger partial charge is 0.130 e. The Bertz CT molecular complexity index is 107. The first kappa shape index (κ1) is 8.34. The Morgan fingerprint density at radius 1 is 1.67 bits per heavy atom.